The van der Waals surface area contributed by atoms with Crippen LogP contribution in [0.5, 0.6) is 0 Å². The molecule has 0 radical (unpaired) electrons. The molecule has 0 spiro atoms. The van der Waals surface area contributed by atoms with E-state index < -0.39 is 0 Å². The minimum atomic E-state index is -0.0463. The summed E-state index contributed by atoms with van der Waals surface area (Å²) in [5.41, 5.74) is 4.59. The molecule has 0 saturated carbocycles. The number of hydrogen-bond acceptors (Lipinski definition) is 6. The van der Waals surface area contributed by atoms with Crippen molar-refractivity contribution in [1.29, 1.82) is 0 Å². The molecule has 4 heterocycles. The number of halogens is 1. The van der Waals surface area contributed by atoms with Crippen molar-refractivity contribution in [2.24, 2.45) is 4.99 Å². The summed E-state index contributed by atoms with van der Waals surface area (Å²) in [6, 6.07) is 15.8. The molecule has 2 aromatic carbocycles. The number of nitrogens with zero attached hydrogens (tertiary/aromatic N) is 6. The van der Waals surface area contributed by atoms with Crippen LogP contribution in [0, 0.1) is 0 Å². The number of hydrogen-bond donors (Lipinski definition) is 0. The van der Waals surface area contributed by atoms with Crippen LogP contribution in [0.4, 0.5) is 0 Å². The third-order valence-corrected chi connectivity index (χ3v) is 6.01. The Labute approximate surface area is 189 Å². The van der Waals surface area contributed by atoms with Gasteiger partial charge in [0.2, 0.25) is 5.90 Å². The molecule has 4 aromatic rings. The van der Waals surface area contributed by atoms with E-state index in [1.807, 2.05) is 45.5 Å². The zero-order valence-corrected chi connectivity index (χ0v) is 18.0. The van der Waals surface area contributed by atoms with Crippen molar-refractivity contribution >= 4 is 17.5 Å². The number of aliphatic imine (C=N–C) groups is 1. The summed E-state index contributed by atoms with van der Waals surface area (Å²) in [4.78, 5) is 9.54. The van der Waals surface area contributed by atoms with Gasteiger partial charge in [-0.15, -0.1) is 10.2 Å². The van der Waals surface area contributed by atoms with Crippen molar-refractivity contribution in [1.82, 2.24) is 24.3 Å². The van der Waals surface area contributed by atoms with E-state index in [1.165, 1.54) is 0 Å². The average molecular weight is 447 g/mol. The Hall–Kier alpha value is -3.49. The lowest BCUT2D eigenvalue weighted by Gasteiger charge is -2.09. The summed E-state index contributed by atoms with van der Waals surface area (Å²) in [6.07, 6.45) is 1.80. The molecule has 0 N–H and O–H groups in total. The number of fused-ring (bicyclic) bond motifs is 5. The van der Waals surface area contributed by atoms with Crippen molar-refractivity contribution in [3.05, 3.63) is 82.7 Å². The molecule has 0 bridgehead atoms. The molecule has 2 aliphatic heterocycles. The van der Waals surface area contributed by atoms with Gasteiger partial charge in [0.05, 0.1) is 17.9 Å². The highest BCUT2D eigenvalue weighted by Gasteiger charge is 2.30. The number of aromatic nitrogens is 5. The SMILES string of the molecule is COCc1nnc2n1Cc1c(C3=N[C@@H](c4ccccc4)CO3)ncn1-c1ccc(Cl)cc1-2. The standard InChI is InChI=1S/C23H19ClN6O2/c1-31-12-20-27-28-22-16-9-15(24)7-8-18(16)30-13-25-21(19(30)10-29(20)22)23-26-17(11-32-23)14-5-3-2-4-6-14/h2-9,13,17H,10-12H2,1H3/t17-/m1/s1. The van der Waals surface area contributed by atoms with Crippen LogP contribution < -0.4 is 0 Å². The quantitative estimate of drug-likeness (QED) is 0.419. The summed E-state index contributed by atoms with van der Waals surface area (Å²) in [5, 5.41) is 9.42. The number of rotatable bonds is 4. The predicted molar refractivity (Wildman–Crippen MR) is 119 cm³/mol. The fraction of sp³-hybridized carbons (Fsp3) is 0.217. The lowest BCUT2D eigenvalue weighted by molar-refractivity contribution is 0.174. The molecule has 8 nitrogen and oxygen atoms in total. The smallest absolute Gasteiger partial charge is 0.238 e. The number of ether oxygens (including phenoxy) is 2. The van der Waals surface area contributed by atoms with Crippen LogP contribution in [0.3, 0.4) is 0 Å². The van der Waals surface area contributed by atoms with E-state index in [2.05, 4.69) is 22.3 Å². The third kappa shape index (κ3) is 3.03. The van der Waals surface area contributed by atoms with E-state index in [0.29, 0.717) is 36.4 Å². The van der Waals surface area contributed by atoms with Crippen molar-refractivity contribution < 1.29 is 9.47 Å². The van der Waals surface area contributed by atoms with Crippen LogP contribution in [0.2, 0.25) is 5.02 Å². The van der Waals surface area contributed by atoms with Gasteiger partial charge in [-0.05, 0) is 23.8 Å². The third-order valence-electron chi connectivity index (χ3n) is 5.77. The molecule has 2 aliphatic rings. The van der Waals surface area contributed by atoms with Gasteiger partial charge in [-0.2, -0.15) is 0 Å². The van der Waals surface area contributed by atoms with Crippen LogP contribution in [0.25, 0.3) is 17.1 Å². The number of methoxy groups -OCH3 is 1. The molecular weight excluding hydrogens is 428 g/mol. The summed E-state index contributed by atoms with van der Waals surface area (Å²) in [7, 11) is 1.64. The van der Waals surface area contributed by atoms with Gasteiger partial charge in [0.15, 0.2) is 11.6 Å². The largest absolute Gasteiger partial charge is 0.474 e. The molecule has 9 heteroatoms. The summed E-state index contributed by atoms with van der Waals surface area (Å²) >= 11 is 6.33. The Bertz CT molecular complexity index is 1340. The zero-order chi connectivity index (χ0) is 21.7. The van der Waals surface area contributed by atoms with Crippen molar-refractivity contribution in [2.75, 3.05) is 13.7 Å². The predicted octanol–water partition coefficient (Wildman–Crippen LogP) is 3.81. The van der Waals surface area contributed by atoms with Gasteiger partial charge < -0.3 is 14.0 Å². The molecule has 2 aromatic heterocycles. The first-order valence-corrected chi connectivity index (χ1v) is 10.6. The molecule has 1 atom stereocenters. The lowest BCUT2D eigenvalue weighted by atomic mass is 10.1. The van der Waals surface area contributed by atoms with Crippen molar-refractivity contribution in [3.8, 4) is 17.1 Å². The van der Waals surface area contributed by atoms with Gasteiger partial charge in [-0.1, -0.05) is 41.9 Å². The Morgan fingerprint density at radius 2 is 2.03 bits per heavy atom. The van der Waals surface area contributed by atoms with Crippen LogP contribution in [-0.4, -0.2) is 43.9 Å². The van der Waals surface area contributed by atoms with Crippen molar-refractivity contribution in [3.63, 3.8) is 0 Å². The second-order valence-corrected chi connectivity index (χ2v) is 8.14. The lowest BCUT2D eigenvalue weighted by Crippen LogP contribution is -2.13. The normalized spacial score (nSPS) is 16.6. The zero-order valence-electron chi connectivity index (χ0n) is 17.3. The monoisotopic (exact) mass is 446 g/mol. The maximum atomic E-state index is 6.33. The Morgan fingerprint density at radius 1 is 1.16 bits per heavy atom. The van der Waals surface area contributed by atoms with E-state index in [1.54, 1.807) is 13.4 Å². The van der Waals surface area contributed by atoms with E-state index in [9.17, 15) is 0 Å². The van der Waals surface area contributed by atoms with Crippen molar-refractivity contribution in [2.45, 2.75) is 19.2 Å². The average Bonchev–Trinajstić information content (AvgIpc) is 3.53. The molecular formula is C23H19ClN6O2. The highest BCUT2D eigenvalue weighted by molar-refractivity contribution is 6.31. The summed E-state index contributed by atoms with van der Waals surface area (Å²) in [5.74, 6) is 2.01. The Balaban J connectivity index is 1.49. The van der Waals surface area contributed by atoms with Gasteiger partial charge in [-0.25, -0.2) is 9.98 Å². The molecule has 0 fully saturated rings. The topological polar surface area (TPSA) is 79.3 Å². The molecule has 160 valence electrons. The summed E-state index contributed by atoms with van der Waals surface area (Å²) in [6.45, 7) is 1.34. The van der Waals surface area contributed by atoms with E-state index >= 15 is 0 Å². The second-order valence-electron chi connectivity index (χ2n) is 7.70. The number of imidazole rings is 1. The Morgan fingerprint density at radius 3 is 2.88 bits per heavy atom. The van der Waals surface area contributed by atoms with Crippen LogP contribution in [0.15, 0.2) is 59.9 Å². The van der Waals surface area contributed by atoms with Crippen LogP contribution in [-0.2, 0) is 22.6 Å². The first-order valence-electron chi connectivity index (χ1n) is 10.3. The molecule has 0 aliphatic carbocycles. The fourth-order valence-electron chi connectivity index (χ4n) is 4.24. The molecule has 0 saturated heterocycles. The highest BCUT2D eigenvalue weighted by atomic mass is 35.5. The second kappa shape index (κ2) is 7.58. The first kappa shape index (κ1) is 19.2. The van der Waals surface area contributed by atoms with E-state index in [4.69, 9.17) is 31.1 Å². The summed E-state index contributed by atoms with van der Waals surface area (Å²) < 4.78 is 15.4. The van der Waals surface area contributed by atoms with Gasteiger partial charge in [0, 0.05) is 17.7 Å². The minimum absolute atomic E-state index is 0.0463. The van der Waals surface area contributed by atoms with Gasteiger partial charge >= 0.3 is 0 Å². The van der Waals surface area contributed by atoms with Crippen LogP contribution >= 0.6 is 11.6 Å². The maximum Gasteiger partial charge on any atom is 0.238 e. The minimum Gasteiger partial charge on any atom is -0.474 e. The van der Waals surface area contributed by atoms with Gasteiger partial charge in [0.25, 0.3) is 0 Å². The fourth-order valence-corrected chi connectivity index (χ4v) is 4.42. The molecule has 0 unspecified atom stereocenters. The molecule has 6 rings (SSSR count). The van der Waals surface area contributed by atoms with E-state index in [0.717, 1.165) is 34.2 Å². The maximum absolute atomic E-state index is 6.33. The first-order chi connectivity index (χ1) is 15.7. The van der Waals surface area contributed by atoms with Gasteiger partial charge in [0.1, 0.15) is 31.3 Å². The van der Waals surface area contributed by atoms with E-state index in [-0.39, 0.29) is 6.04 Å². The number of benzene rings is 2. The highest BCUT2D eigenvalue weighted by Crippen LogP contribution is 2.35. The van der Waals surface area contributed by atoms with Crippen LogP contribution in [0.1, 0.15) is 28.8 Å². The molecule has 32 heavy (non-hydrogen) atoms. The Kier molecular flexibility index (Phi) is 4.55. The van der Waals surface area contributed by atoms with Gasteiger partial charge in [-0.3, -0.25) is 4.57 Å². The molecule has 0 amide bonds.